The molecule has 0 spiro atoms. The van der Waals surface area contributed by atoms with E-state index < -0.39 is 5.54 Å². The lowest BCUT2D eigenvalue weighted by Gasteiger charge is -2.42. The van der Waals surface area contributed by atoms with Gasteiger partial charge < -0.3 is 15.8 Å². The van der Waals surface area contributed by atoms with Gasteiger partial charge in [-0.2, -0.15) is 0 Å². The molecule has 1 unspecified atom stereocenters. The zero-order chi connectivity index (χ0) is 14.8. The Balaban J connectivity index is 2.08. The van der Waals surface area contributed by atoms with Crippen LogP contribution >= 0.6 is 0 Å². The zero-order valence-electron chi connectivity index (χ0n) is 13.0. The third-order valence-corrected chi connectivity index (χ3v) is 4.37. The number of nitrogens with one attached hydrogen (secondary N) is 1. The first-order valence-electron chi connectivity index (χ1n) is 7.90. The molecule has 20 heavy (non-hydrogen) atoms. The number of morpholine rings is 1. The van der Waals surface area contributed by atoms with Gasteiger partial charge in [0, 0.05) is 19.6 Å². The van der Waals surface area contributed by atoms with Crippen LogP contribution in [0.15, 0.2) is 0 Å². The van der Waals surface area contributed by atoms with Crippen LogP contribution in [0.5, 0.6) is 0 Å². The molecule has 1 heterocycles. The zero-order valence-corrected chi connectivity index (χ0v) is 13.0. The SMILES string of the molecule is CCCNC(CN1C[C@@H](C)O[C@@H](C)C1)(C(N)=O)C1CC1. The van der Waals surface area contributed by atoms with Crippen LogP contribution in [-0.2, 0) is 9.53 Å². The van der Waals surface area contributed by atoms with Gasteiger partial charge in [0.15, 0.2) is 0 Å². The van der Waals surface area contributed by atoms with Crippen molar-refractivity contribution in [1.29, 1.82) is 0 Å². The summed E-state index contributed by atoms with van der Waals surface area (Å²) in [4.78, 5) is 14.5. The van der Waals surface area contributed by atoms with Crippen LogP contribution in [0.3, 0.4) is 0 Å². The van der Waals surface area contributed by atoms with Crippen LogP contribution in [0.1, 0.15) is 40.0 Å². The number of carbonyl (C=O) groups is 1. The Hall–Kier alpha value is -0.650. The lowest BCUT2D eigenvalue weighted by Crippen LogP contribution is -2.65. The Labute approximate surface area is 122 Å². The van der Waals surface area contributed by atoms with Crippen LogP contribution in [0, 0.1) is 5.92 Å². The first-order chi connectivity index (χ1) is 9.48. The van der Waals surface area contributed by atoms with Crippen molar-refractivity contribution in [2.75, 3.05) is 26.2 Å². The minimum atomic E-state index is -0.549. The van der Waals surface area contributed by atoms with Crippen LogP contribution in [0.25, 0.3) is 0 Å². The summed E-state index contributed by atoms with van der Waals surface area (Å²) in [6.45, 7) is 9.60. The third kappa shape index (κ3) is 3.51. The summed E-state index contributed by atoms with van der Waals surface area (Å²) in [6, 6.07) is 0. The molecule has 0 aromatic heterocycles. The summed E-state index contributed by atoms with van der Waals surface area (Å²) in [5, 5.41) is 3.46. The summed E-state index contributed by atoms with van der Waals surface area (Å²) in [6.07, 6.45) is 3.66. The first-order valence-corrected chi connectivity index (χ1v) is 7.90. The molecule has 0 bridgehead atoms. The van der Waals surface area contributed by atoms with E-state index in [1.54, 1.807) is 0 Å². The number of nitrogens with zero attached hydrogens (tertiary/aromatic N) is 1. The van der Waals surface area contributed by atoms with Gasteiger partial charge in [-0.3, -0.25) is 9.69 Å². The number of primary amides is 1. The number of rotatable bonds is 7. The minimum absolute atomic E-state index is 0.194. The van der Waals surface area contributed by atoms with Crippen molar-refractivity contribution < 1.29 is 9.53 Å². The maximum Gasteiger partial charge on any atom is 0.239 e. The highest BCUT2D eigenvalue weighted by atomic mass is 16.5. The fraction of sp³-hybridized carbons (Fsp3) is 0.933. The molecule has 1 saturated heterocycles. The van der Waals surface area contributed by atoms with Gasteiger partial charge in [-0.1, -0.05) is 6.92 Å². The van der Waals surface area contributed by atoms with Crippen molar-refractivity contribution in [2.24, 2.45) is 11.7 Å². The van der Waals surface area contributed by atoms with Crippen molar-refractivity contribution in [3.05, 3.63) is 0 Å². The highest BCUT2D eigenvalue weighted by Crippen LogP contribution is 2.40. The van der Waals surface area contributed by atoms with Gasteiger partial charge in [-0.25, -0.2) is 0 Å². The van der Waals surface area contributed by atoms with E-state index >= 15 is 0 Å². The van der Waals surface area contributed by atoms with Crippen LogP contribution in [-0.4, -0.2) is 54.7 Å². The van der Waals surface area contributed by atoms with E-state index in [1.165, 1.54) is 0 Å². The number of hydrogen-bond acceptors (Lipinski definition) is 4. The molecule has 116 valence electrons. The molecular weight excluding hydrogens is 254 g/mol. The highest BCUT2D eigenvalue weighted by Gasteiger charge is 2.50. The van der Waals surface area contributed by atoms with Gasteiger partial charge in [0.05, 0.1) is 12.2 Å². The number of ether oxygens (including phenoxy) is 1. The fourth-order valence-corrected chi connectivity index (χ4v) is 3.39. The smallest absolute Gasteiger partial charge is 0.239 e. The number of hydrogen-bond donors (Lipinski definition) is 2. The van der Waals surface area contributed by atoms with Gasteiger partial charge in [0.2, 0.25) is 5.91 Å². The monoisotopic (exact) mass is 283 g/mol. The summed E-state index contributed by atoms with van der Waals surface area (Å²) < 4.78 is 5.77. The Morgan fingerprint density at radius 2 is 1.95 bits per heavy atom. The molecule has 3 N–H and O–H groups in total. The molecule has 0 aromatic carbocycles. The van der Waals surface area contributed by atoms with Gasteiger partial charge in [0.1, 0.15) is 5.54 Å². The molecular formula is C15H29N3O2. The van der Waals surface area contributed by atoms with Gasteiger partial charge in [0.25, 0.3) is 0 Å². The normalized spacial score (nSPS) is 30.9. The first kappa shape index (κ1) is 15.7. The number of nitrogens with two attached hydrogens (primary N) is 1. The predicted molar refractivity (Wildman–Crippen MR) is 79.4 cm³/mol. The molecule has 5 nitrogen and oxygen atoms in total. The van der Waals surface area contributed by atoms with Crippen molar-refractivity contribution in [3.63, 3.8) is 0 Å². The molecule has 2 rings (SSSR count). The quantitative estimate of drug-likeness (QED) is 0.723. The second kappa shape index (κ2) is 6.41. The molecule has 5 heteroatoms. The van der Waals surface area contributed by atoms with Crippen molar-refractivity contribution >= 4 is 5.91 Å². The largest absolute Gasteiger partial charge is 0.373 e. The average molecular weight is 283 g/mol. The van der Waals surface area contributed by atoms with Gasteiger partial charge in [-0.15, -0.1) is 0 Å². The molecule has 2 aliphatic rings. The van der Waals surface area contributed by atoms with Crippen molar-refractivity contribution in [1.82, 2.24) is 10.2 Å². The van der Waals surface area contributed by atoms with E-state index in [2.05, 4.69) is 31.0 Å². The molecule has 1 amide bonds. The fourth-order valence-electron chi connectivity index (χ4n) is 3.39. The summed E-state index contributed by atoms with van der Waals surface area (Å²) in [5.41, 5.74) is 5.23. The average Bonchev–Trinajstić information content (AvgIpc) is 3.17. The number of carbonyl (C=O) groups excluding carboxylic acids is 1. The third-order valence-electron chi connectivity index (χ3n) is 4.37. The van der Waals surface area contributed by atoms with E-state index in [9.17, 15) is 4.79 Å². The summed E-state index contributed by atoms with van der Waals surface area (Å²) in [5.74, 6) is 0.209. The van der Waals surface area contributed by atoms with Gasteiger partial charge >= 0.3 is 0 Å². The molecule has 1 saturated carbocycles. The standard InChI is InChI=1S/C15H29N3O2/c1-4-7-17-15(14(16)19,13-5-6-13)10-18-8-11(2)20-12(3)9-18/h11-13,17H,4-10H2,1-3H3,(H2,16,19)/t11-,12+,15?. The summed E-state index contributed by atoms with van der Waals surface area (Å²) >= 11 is 0. The lowest BCUT2D eigenvalue weighted by molar-refractivity contribution is -0.128. The molecule has 0 radical (unpaired) electrons. The molecule has 1 aliphatic heterocycles. The minimum Gasteiger partial charge on any atom is -0.373 e. The molecule has 0 aromatic rings. The van der Waals surface area contributed by atoms with Crippen LogP contribution in [0.4, 0.5) is 0 Å². The van der Waals surface area contributed by atoms with E-state index in [1.807, 2.05) is 0 Å². The Morgan fingerprint density at radius 3 is 2.40 bits per heavy atom. The highest BCUT2D eigenvalue weighted by molar-refractivity contribution is 5.86. The Kier molecular flexibility index (Phi) is 5.04. The summed E-state index contributed by atoms with van der Waals surface area (Å²) in [7, 11) is 0. The number of amides is 1. The molecule has 3 atom stereocenters. The maximum absolute atomic E-state index is 12.1. The van der Waals surface area contributed by atoms with E-state index in [0.717, 1.165) is 38.9 Å². The van der Waals surface area contributed by atoms with E-state index in [0.29, 0.717) is 12.5 Å². The maximum atomic E-state index is 12.1. The van der Waals surface area contributed by atoms with Crippen LogP contribution in [0.2, 0.25) is 0 Å². The topological polar surface area (TPSA) is 67.6 Å². The van der Waals surface area contributed by atoms with Crippen LogP contribution < -0.4 is 11.1 Å². The molecule has 2 fully saturated rings. The van der Waals surface area contributed by atoms with Gasteiger partial charge in [-0.05, 0) is 45.6 Å². The lowest BCUT2D eigenvalue weighted by atomic mass is 9.90. The second-order valence-corrected chi connectivity index (χ2v) is 6.49. The Bertz CT molecular complexity index is 336. The molecule has 1 aliphatic carbocycles. The van der Waals surface area contributed by atoms with Crippen molar-refractivity contribution in [2.45, 2.75) is 57.8 Å². The van der Waals surface area contributed by atoms with E-state index in [-0.39, 0.29) is 18.1 Å². The van der Waals surface area contributed by atoms with E-state index in [4.69, 9.17) is 10.5 Å². The second-order valence-electron chi connectivity index (χ2n) is 6.49. The predicted octanol–water partition coefficient (Wildman–Crippen LogP) is 0.729. The Morgan fingerprint density at radius 1 is 1.35 bits per heavy atom. The van der Waals surface area contributed by atoms with Crippen molar-refractivity contribution in [3.8, 4) is 0 Å².